The highest BCUT2D eigenvalue weighted by molar-refractivity contribution is 7.93. The second-order valence-electron chi connectivity index (χ2n) is 18.3. The van der Waals surface area contributed by atoms with E-state index in [-0.39, 0.29) is 45.6 Å². The average molecular weight is 725 g/mol. The highest BCUT2D eigenvalue weighted by atomic mass is 32.2. The Labute approximate surface area is 303 Å². The van der Waals surface area contributed by atoms with Crippen LogP contribution in [-0.2, 0) is 18.6 Å². The van der Waals surface area contributed by atoms with Gasteiger partial charge in [-0.05, 0) is 79.6 Å². The molecule has 0 N–H and O–H groups in total. The van der Waals surface area contributed by atoms with Gasteiger partial charge in [0.15, 0.2) is 16.6 Å². The molecule has 274 valence electrons. The topological polar surface area (TPSA) is 51.1 Å². The van der Waals surface area contributed by atoms with Crippen LogP contribution in [0.4, 0.5) is 0 Å². The first kappa shape index (κ1) is 40.2. The number of hydrogen-bond donors (Lipinski definition) is 0. The molecule has 0 spiro atoms. The van der Waals surface area contributed by atoms with Crippen LogP contribution >= 0.6 is 0 Å². The Kier molecular flexibility index (Phi) is 12.2. The summed E-state index contributed by atoms with van der Waals surface area (Å²) in [5.41, 5.74) is 2.07. The molecule has 1 aliphatic carbocycles. The van der Waals surface area contributed by atoms with E-state index in [1.807, 2.05) is 6.08 Å². The van der Waals surface area contributed by atoms with Gasteiger partial charge in [0, 0.05) is 22.9 Å². The Hall–Kier alpha value is -1.56. The number of nitrogens with zero attached hydrogens (tertiary/aromatic N) is 2. The van der Waals surface area contributed by atoms with Gasteiger partial charge >= 0.3 is 0 Å². The molecule has 0 aromatic heterocycles. The molecule has 5 nitrogen and oxygen atoms in total. The predicted octanol–water partition coefficient (Wildman–Crippen LogP) is 11.0. The molecular formula is C41H68N2O3SSi2. The van der Waals surface area contributed by atoms with Crippen LogP contribution < -0.4 is 0 Å². The Morgan fingerprint density at radius 3 is 2.10 bits per heavy atom. The monoisotopic (exact) mass is 724 g/mol. The van der Waals surface area contributed by atoms with Gasteiger partial charge in [-0.1, -0.05) is 116 Å². The molecule has 2 fully saturated rings. The van der Waals surface area contributed by atoms with Crippen molar-refractivity contribution in [3.05, 3.63) is 78.4 Å². The van der Waals surface area contributed by atoms with Gasteiger partial charge in [-0.15, -0.1) is 6.58 Å². The van der Waals surface area contributed by atoms with Crippen LogP contribution in [0, 0.1) is 18.8 Å². The van der Waals surface area contributed by atoms with Gasteiger partial charge < -0.3 is 8.85 Å². The van der Waals surface area contributed by atoms with Crippen LogP contribution in [0.5, 0.6) is 0 Å². The summed E-state index contributed by atoms with van der Waals surface area (Å²) in [5, 5.41) is 0.157. The third-order valence-electron chi connectivity index (χ3n) is 12.5. The van der Waals surface area contributed by atoms with Crippen molar-refractivity contribution in [1.29, 1.82) is 0 Å². The third-order valence-corrected chi connectivity index (χ3v) is 24.0. The van der Waals surface area contributed by atoms with Gasteiger partial charge in [0.1, 0.15) is 0 Å². The Balaban J connectivity index is 1.92. The van der Waals surface area contributed by atoms with E-state index in [9.17, 15) is 0 Å². The lowest BCUT2D eigenvalue weighted by Gasteiger charge is -2.42. The first-order valence-corrected chi connectivity index (χ1v) is 26.1. The SMILES string of the molecule is C=CCN1[C@@H](c2ccccc2)[C@H](O[Si](C)(C)C(C)(C)C)[C@@H]2CCC[C@@]21CS(=O)(=N[C@H](CO[Si](C)(C)C(C)(C)C)C(C)C)c1ccc(C)cc1. The van der Waals surface area contributed by atoms with E-state index in [1.54, 1.807) is 0 Å². The largest absolute Gasteiger partial charge is 0.415 e. The van der Waals surface area contributed by atoms with Crippen LogP contribution in [0.1, 0.15) is 91.8 Å². The molecule has 49 heavy (non-hydrogen) atoms. The molecule has 0 amide bonds. The zero-order valence-corrected chi connectivity index (χ0v) is 36.0. The second-order valence-corrected chi connectivity index (χ2v) is 30.1. The van der Waals surface area contributed by atoms with Crippen molar-refractivity contribution in [2.24, 2.45) is 16.2 Å². The molecule has 1 heterocycles. The van der Waals surface area contributed by atoms with Gasteiger partial charge in [0.25, 0.3) is 0 Å². The van der Waals surface area contributed by atoms with Crippen molar-refractivity contribution in [2.75, 3.05) is 18.9 Å². The summed E-state index contributed by atoms with van der Waals surface area (Å²) in [7, 11) is -7.09. The average Bonchev–Trinajstić information content (AvgIpc) is 3.50. The van der Waals surface area contributed by atoms with Crippen LogP contribution in [0.3, 0.4) is 0 Å². The zero-order valence-electron chi connectivity index (χ0n) is 33.1. The summed E-state index contributed by atoms with van der Waals surface area (Å²) in [6.07, 6.45) is 5.15. The van der Waals surface area contributed by atoms with Crippen molar-refractivity contribution in [1.82, 2.24) is 4.90 Å². The predicted molar refractivity (Wildman–Crippen MR) is 215 cm³/mol. The second kappa shape index (κ2) is 14.8. The molecule has 2 aromatic carbocycles. The molecule has 2 aromatic rings. The molecule has 0 radical (unpaired) electrons. The van der Waals surface area contributed by atoms with Crippen LogP contribution in [0.25, 0.3) is 0 Å². The lowest BCUT2D eigenvalue weighted by Crippen LogP contribution is -2.51. The Morgan fingerprint density at radius 2 is 1.57 bits per heavy atom. The molecule has 1 saturated carbocycles. The van der Waals surface area contributed by atoms with Crippen molar-refractivity contribution in [3.63, 3.8) is 0 Å². The minimum absolute atomic E-state index is 0.00442. The number of fused-ring (bicyclic) bond motifs is 1. The minimum Gasteiger partial charge on any atom is -0.415 e. The Bertz CT molecular complexity index is 1540. The summed E-state index contributed by atoms with van der Waals surface area (Å²) in [6, 6.07) is 19.1. The van der Waals surface area contributed by atoms with Crippen molar-refractivity contribution in [2.45, 2.75) is 146 Å². The lowest BCUT2D eigenvalue weighted by molar-refractivity contribution is 0.0965. The molecule has 2 aliphatic rings. The normalized spacial score (nSPS) is 25.6. The number of rotatable bonds is 13. The summed E-state index contributed by atoms with van der Waals surface area (Å²) in [5.74, 6) is 0.896. The van der Waals surface area contributed by atoms with Crippen molar-refractivity contribution < 1.29 is 13.1 Å². The Morgan fingerprint density at radius 1 is 0.980 bits per heavy atom. The standard InChI is InChI=1S/C41H68N2O3SSi2/c1-15-28-43-37(33-20-17-16-18-21-33)38(46-49(13,14)40(8,9)10)35-22-19-27-41(35,43)30-47(44,34-25-23-32(4)24-26-34)42-36(31(2)3)29-45-48(11,12)39(5,6)7/h15-18,20-21,23-26,31,35-38H,1,19,22,27-30H2,2-14H3/t35-,36+,37-,38+,41+,47?/m0/s1. The van der Waals surface area contributed by atoms with E-state index in [2.05, 4.69) is 155 Å². The van der Waals surface area contributed by atoms with Crippen LogP contribution in [-0.4, -0.2) is 62.3 Å². The third kappa shape index (κ3) is 8.41. The van der Waals surface area contributed by atoms with E-state index in [0.29, 0.717) is 18.9 Å². The molecule has 0 bridgehead atoms. The fraction of sp³-hybridized carbons (Fsp3) is 0.659. The van der Waals surface area contributed by atoms with E-state index in [0.717, 1.165) is 29.7 Å². The smallest absolute Gasteiger partial charge is 0.192 e. The number of hydrogen-bond acceptors (Lipinski definition) is 5. The number of benzene rings is 2. The molecule has 6 atom stereocenters. The van der Waals surface area contributed by atoms with E-state index >= 15 is 4.21 Å². The van der Waals surface area contributed by atoms with Crippen LogP contribution in [0.15, 0.2) is 76.5 Å². The molecule has 8 heteroatoms. The van der Waals surface area contributed by atoms with Gasteiger partial charge in [-0.3, -0.25) is 4.90 Å². The van der Waals surface area contributed by atoms with E-state index in [1.165, 1.54) is 5.56 Å². The fourth-order valence-electron chi connectivity index (χ4n) is 7.31. The van der Waals surface area contributed by atoms with Gasteiger partial charge in [0.05, 0.1) is 40.3 Å². The molecule has 1 aliphatic heterocycles. The molecule has 4 rings (SSSR count). The maximum Gasteiger partial charge on any atom is 0.192 e. The molecular weight excluding hydrogens is 657 g/mol. The molecule has 1 saturated heterocycles. The minimum atomic E-state index is -2.89. The van der Waals surface area contributed by atoms with Gasteiger partial charge in [0.2, 0.25) is 0 Å². The van der Waals surface area contributed by atoms with Crippen molar-refractivity contribution in [3.8, 4) is 0 Å². The van der Waals surface area contributed by atoms with Crippen LogP contribution in [0.2, 0.25) is 36.3 Å². The fourth-order valence-corrected chi connectivity index (χ4v) is 12.5. The zero-order chi connectivity index (χ0) is 36.6. The molecule has 1 unspecified atom stereocenters. The quantitative estimate of drug-likeness (QED) is 0.152. The maximum absolute atomic E-state index is 16.1. The number of likely N-dealkylation sites (tertiary alicyclic amines) is 1. The maximum atomic E-state index is 16.1. The summed E-state index contributed by atoms with van der Waals surface area (Å²) >= 11 is 0. The number of aryl methyl sites for hydroxylation is 1. The first-order valence-electron chi connectivity index (χ1n) is 18.6. The van der Waals surface area contributed by atoms with Crippen molar-refractivity contribution >= 4 is 26.4 Å². The summed E-state index contributed by atoms with van der Waals surface area (Å²) < 4.78 is 35.9. The highest BCUT2D eigenvalue weighted by Crippen LogP contribution is 2.58. The summed E-state index contributed by atoms with van der Waals surface area (Å²) in [4.78, 5) is 3.48. The van der Waals surface area contributed by atoms with Gasteiger partial charge in [-0.25, -0.2) is 8.57 Å². The summed E-state index contributed by atoms with van der Waals surface area (Å²) in [6.45, 7) is 35.1. The van der Waals surface area contributed by atoms with E-state index in [4.69, 9.17) is 13.2 Å². The highest BCUT2D eigenvalue weighted by Gasteiger charge is 2.63. The first-order chi connectivity index (χ1) is 22.6. The van der Waals surface area contributed by atoms with Gasteiger partial charge in [-0.2, -0.15) is 0 Å². The van der Waals surface area contributed by atoms with E-state index < -0.39 is 26.4 Å². The lowest BCUT2D eigenvalue weighted by atomic mass is 9.87.